The lowest BCUT2D eigenvalue weighted by Gasteiger charge is -2.45. The number of thiophene rings is 1. The summed E-state index contributed by atoms with van der Waals surface area (Å²) in [5.41, 5.74) is 4.69. The summed E-state index contributed by atoms with van der Waals surface area (Å²) >= 11 is 1.98. The smallest absolute Gasteiger partial charge is 0.0755 e. The van der Waals surface area contributed by atoms with Crippen molar-refractivity contribution in [3.63, 3.8) is 0 Å². The van der Waals surface area contributed by atoms with E-state index in [2.05, 4.69) is 54.5 Å². The van der Waals surface area contributed by atoms with Gasteiger partial charge in [0.1, 0.15) is 0 Å². The number of fused-ring (bicyclic) bond motifs is 2. The molecule has 0 unspecified atom stereocenters. The van der Waals surface area contributed by atoms with Crippen LogP contribution in [-0.2, 0) is 5.54 Å². The number of nitrogens with zero attached hydrogens (tertiary/aromatic N) is 1. The maximum Gasteiger partial charge on any atom is 0.0755 e. The maximum absolute atomic E-state index is 2.75. The summed E-state index contributed by atoms with van der Waals surface area (Å²) in [6.07, 6.45) is 6.77. The first-order valence-corrected chi connectivity index (χ1v) is 9.05. The van der Waals surface area contributed by atoms with Crippen LogP contribution in [0.2, 0.25) is 0 Å². The minimum Gasteiger partial charge on any atom is -0.354 e. The van der Waals surface area contributed by atoms with Crippen LogP contribution in [0.4, 0.5) is 5.69 Å². The van der Waals surface area contributed by atoms with Crippen LogP contribution in [0.1, 0.15) is 61.1 Å². The van der Waals surface area contributed by atoms with Gasteiger partial charge in [0.15, 0.2) is 0 Å². The first-order valence-electron chi connectivity index (χ1n) is 8.17. The van der Waals surface area contributed by atoms with Crippen molar-refractivity contribution in [2.24, 2.45) is 0 Å². The average molecular weight is 297 g/mol. The topological polar surface area (TPSA) is 3.24 Å². The zero-order chi connectivity index (χ0) is 14.4. The molecule has 0 amide bonds. The summed E-state index contributed by atoms with van der Waals surface area (Å²) in [7, 11) is 0. The van der Waals surface area contributed by atoms with E-state index < -0.39 is 0 Å². The van der Waals surface area contributed by atoms with Crippen LogP contribution in [0.25, 0.3) is 0 Å². The van der Waals surface area contributed by atoms with E-state index >= 15 is 0 Å². The van der Waals surface area contributed by atoms with E-state index in [-0.39, 0.29) is 5.54 Å². The Balaban J connectivity index is 1.89. The molecule has 1 aromatic heterocycles. The molecule has 2 heteroatoms. The highest BCUT2D eigenvalue weighted by Gasteiger charge is 2.50. The fourth-order valence-corrected chi connectivity index (χ4v) is 5.77. The molecule has 1 spiro atoms. The van der Waals surface area contributed by atoms with Gasteiger partial charge in [-0.05, 0) is 55.3 Å². The van der Waals surface area contributed by atoms with Gasteiger partial charge in [0.05, 0.1) is 11.6 Å². The summed E-state index contributed by atoms with van der Waals surface area (Å²) in [6.45, 7) is 4.65. The maximum atomic E-state index is 2.75. The minimum absolute atomic E-state index is 0.271. The molecule has 1 fully saturated rings. The fraction of sp³-hybridized carbons (Fsp3) is 0.474. The molecule has 2 aliphatic rings. The van der Waals surface area contributed by atoms with Gasteiger partial charge in [0.2, 0.25) is 0 Å². The lowest BCUT2D eigenvalue weighted by atomic mass is 9.80. The third-order valence-corrected chi connectivity index (χ3v) is 6.60. The standard InChI is InChI=1S/C19H23NS/c1-14-8-4-5-9-17(14)20-15(2)16-10-13-21-18(16)19(20)11-6-3-7-12-19/h4-5,8-10,13,15H,3,6-7,11-12H2,1-2H3/t15-/m0/s1. The average Bonchev–Trinajstić information content (AvgIpc) is 3.06. The van der Waals surface area contributed by atoms with Crippen molar-refractivity contribution in [3.8, 4) is 0 Å². The number of benzene rings is 1. The second-order valence-electron chi connectivity index (χ2n) is 6.63. The van der Waals surface area contributed by atoms with Crippen LogP contribution in [0, 0.1) is 6.92 Å². The van der Waals surface area contributed by atoms with Gasteiger partial charge in [-0.3, -0.25) is 0 Å². The number of anilines is 1. The molecule has 1 saturated carbocycles. The van der Waals surface area contributed by atoms with Crippen molar-refractivity contribution in [2.45, 2.75) is 57.5 Å². The summed E-state index contributed by atoms with van der Waals surface area (Å²) in [5.74, 6) is 0. The van der Waals surface area contributed by atoms with Crippen LogP contribution in [0.5, 0.6) is 0 Å². The SMILES string of the molecule is Cc1ccccc1N1[C@@H](C)c2ccsc2C12CCCCC2. The zero-order valence-corrected chi connectivity index (χ0v) is 13.7. The third-order valence-electron chi connectivity index (χ3n) is 5.47. The molecular formula is C19H23NS. The lowest BCUT2D eigenvalue weighted by molar-refractivity contribution is 0.288. The van der Waals surface area contributed by atoms with Gasteiger partial charge in [0, 0.05) is 10.6 Å². The Bertz CT molecular complexity index is 651. The number of rotatable bonds is 1. The molecule has 1 aromatic carbocycles. The monoisotopic (exact) mass is 297 g/mol. The Labute approximate surface area is 131 Å². The molecule has 1 atom stereocenters. The Morgan fingerprint density at radius 2 is 1.86 bits per heavy atom. The number of aryl methyl sites for hydroxylation is 1. The Morgan fingerprint density at radius 3 is 2.62 bits per heavy atom. The highest BCUT2D eigenvalue weighted by atomic mass is 32.1. The van der Waals surface area contributed by atoms with Crippen molar-refractivity contribution < 1.29 is 0 Å². The Hall–Kier alpha value is -1.28. The van der Waals surface area contributed by atoms with Gasteiger partial charge >= 0.3 is 0 Å². The lowest BCUT2D eigenvalue weighted by Crippen LogP contribution is -2.44. The van der Waals surface area contributed by atoms with E-state index in [1.54, 1.807) is 10.4 Å². The van der Waals surface area contributed by atoms with Crippen LogP contribution >= 0.6 is 11.3 Å². The molecule has 2 aromatic rings. The van der Waals surface area contributed by atoms with Crippen molar-refractivity contribution in [3.05, 3.63) is 51.7 Å². The molecule has 1 nitrogen and oxygen atoms in total. The van der Waals surface area contributed by atoms with Gasteiger partial charge in [-0.1, -0.05) is 37.5 Å². The van der Waals surface area contributed by atoms with Crippen molar-refractivity contribution in [1.29, 1.82) is 0 Å². The normalized spacial score (nSPS) is 23.5. The van der Waals surface area contributed by atoms with E-state index in [0.29, 0.717) is 6.04 Å². The van der Waals surface area contributed by atoms with Gasteiger partial charge in [-0.25, -0.2) is 0 Å². The second-order valence-corrected chi connectivity index (χ2v) is 7.55. The highest BCUT2D eigenvalue weighted by molar-refractivity contribution is 7.10. The fourth-order valence-electron chi connectivity index (χ4n) is 4.52. The van der Waals surface area contributed by atoms with Gasteiger partial charge in [-0.15, -0.1) is 11.3 Å². The second kappa shape index (κ2) is 4.88. The van der Waals surface area contributed by atoms with E-state index in [1.807, 2.05) is 11.3 Å². The largest absolute Gasteiger partial charge is 0.354 e. The van der Waals surface area contributed by atoms with E-state index in [9.17, 15) is 0 Å². The Morgan fingerprint density at radius 1 is 1.10 bits per heavy atom. The molecule has 1 aliphatic heterocycles. The van der Waals surface area contributed by atoms with E-state index in [4.69, 9.17) is 0 Å². The van der Waals surface area contributed by atoms with E-state index in [0.717, 1.165) is 0 Å². The molecule has 110 valence electrons. The van der Waals surface area contributed by atoms with Crippen LogP contribution in [0.3, 0.4) is 0 Å². The third kappa shape index (κ3) is 1.81. The molecule has 0 N–H and O–H groups in total. The summed E-state index contributed by atoms with van der Waals surface area (Å²) in [5, 5.41) is 2.30. The molecule has 0 saturated heterocycles. The molecule has 0 bridgehead atoms. The Kier molecular flexibility index (Phi) is 3.11. The van der Waals surface area contributed by atoms with Gasteiger partial charge in [-0.2, -0.15) is 0 Å². The van der Waals surface area contributed by atoms with Crippen molar-refractivity contribution >= 4 is 17.0 Å². The van der Waals surface area contributed by atoms with Crippen molar-refractivity contribution in [2.75, 3.05) is 4.90 Å². The summed E-state index contributed by atoms with van der Waals surface area (Å²) in [6, 6.07) is 11.8. The van der Waals surface area contributed by atoms with Crippen LogP contribution in [-0.4, -0.2) is 0 Å². The molecule has 1 aliphatic carbocycles. The number of hydrogen-bond donors (Lipinski definition) is 0. The summed E-state index contributed by atoms with van der Waals surface area (Å²) < 4.78 is 0. The molecule has 2 heterocycles. The first kappa shape index (κ1) is 13.4. The first-order chi connectivity index (χ1) is 10.2. The van der Waals surface area contributed by atoms with Crippen molar-refractivity contribution in [1.82, 2.24) is 0 Å². The quantitative estimate of drug-likeness (QED) is 0.643. The number of para-hydroxylation sites is 1. The molecular weight excluding hydrogens is 274 g/mol. The number of hydrogen-bond acceptors (Lipinski definition) is 2. The predicted octanol–water partition coefficient (Wildman–Crippen LogP) is 5.80. The van der Waals surface area contributed by atoms with Crippen LogP contribution in [0.15, 0.2) is 35.7 Å². The molecule has 0 radical (unpaired) electrons. The van der Waals surface area contributed by atoms with Gasteiger partial charge < -0.3 is 4.90 Å². The molecule has 21 heavy (non-hydrogen) atoms. The summed E-state index contributed by atoms with van der Waals surface area (Å²) in [4.78, 5) is 4.40. The highest BCUT2D eigenvalue weighted by Crippen LogP contribution is 2.57. The minimum atomic E-state index is 0.271. The zero-order valence-electron chi connectivity index (χ0n) is 12.9. The van der Waals surface area contributed by atoms with E-state index in [1.165, 1.54) is 43.4 Å². The molecule has 4 rings (SSSR count). The van der Waals surface area contributed by atoms with Gasteiger partial charge in [0.25, 0.3) is 0 Å². The van der Waals surface area contributed by atoms with Crippen LogP contribution < -0.4 is 4.90 Å². The predicted molar refractivity (Wildman–Crippen MR) is 91.2 cm³/mol.